The zero-order chi connectivity index (χ0) is 16.9. The Bertz CT molecular complexity index is 880. The summed E-state index contributed by atoms with van der Waals surface area (Å²) in [7, 11) is 0. The monoisotopic (exact) mass is 339 g/mol. The van der Waals surface area contributed by atoms with Gasteiger partial charge >= 0.3 is 5.97 Å². The number of hydrogen-bond donors (Lipinski definition) is 2. The molecule has 2 aromatic heterocycles. The van der Waals surface area contributed by atoms with Crippen LogP contribution in [0.15, 0.2) is 65.2 Å². The largest absolute Gasteiger partial charge is 0.478 e. The third-order valence-electron chi connectivity index (χ3n) is 3.28. The van der Waals surface area contributed by atoms with Crippen LogP contribution in [0.4, 0.5) is 0 Å². The Morgan fingerprint density at radius 2 is 1.92 bits per heavy atom. The Balaban J connectivity index is 1.74. The average Bonchev–Trinajstić information content (AvgIpc) is 3.26. The Morgan fingerprint density at radius 1 is 1.12 bits per heavy atom. The smallest absolute Gasteiger partial charge is 0.335 e. The van der Waals surface area contributed by atoms with Crippen molar-refractivity contribution in [3.05, 3.63) is 76.2 Å². The standard InChI is InChI=1S/C17H13N3O3S/c21-16(15-4-2-10-24-15)19-18-11-14-3-1-9-20(14)13-7-5-12(6-8-13)17(22)23/h1-11H,(H,19,21)(H,22,23). The SMILES string of the molecule is O=C(O)c1ccc(-n2cccc2C=NNC(=O)c2cccs2)cc1. The molecule has 3 rings (SSSR count). The van der Waals surface area contributed by atoms with Crippen molar-refractivity contribution in [3.63, 3.8) is 0 Å². The normalized spacial score (nSPS) is 10.8. The van der Waals surface area contributed by atoms with Gasteiger partial charge in [0.1, 0.15) is 0 Å². The van der Waals surface area contributed by atoms with Gasteiger partial charge in [0.05, 0.1) is 22.3 Å². The fraction of sp³-hybridized carbons (Fsp3) is 0. The Kier molecular flexibility index (Phi) is 4.53. The maximum absolute atomic E-state index is 11.8. The highest BCUT2D eigenvalue weighted by Gasteiger charge is 2.06. The third-order valence-corrected chi connectivity index (χ3v) is 4.15. The molecule has 2 N–H and O–H groups in total. The lowest BCUT2D eigenvalue weighted by Gasteiger charge is -2.06. The van der Waals surface area contributed by atoms with Crippen molar-refractivity contribution < 1.29 is 14.7 Å². The molecule has 0 saturated heterocycles. The van der Waals surface area contributed by atoms with Crippen LogP contribution in [0.2, 0.25) is 0 Å². The van der Waals surface area contributed by atoms with E-state index in [-0.39, 0.29) is 11.5 Å². The van der Waals surface area contributed by atoms with E-state index in [1.54, 1.807) is 24.3 Å². The van der Waals surface area contributed by atoms with Crippen LogP contribution in [-0.2, 0) is 0 Å². The number of carboxylic acid groups (broad SMARTS) is 1. The van der Waals surface area contributed by atoms with Gasteiger partial charge in [0, 0.05) is 11.9 Å². The van der Waals surface area contributed by atoms with Crippen molar-refractivity contribution in [1.82, 2.24) is 9.99 Å². The molecular weight excluding hydrogens is 326 g/mol. The lowest BCUT2D eigenvalue weighted by Crippen LogP contribution is -2.16. The van der Waals surface area contributed by atoms with Crippen LogP contribution in [0.3, 0.4) is 0 Å². The highest BCUT2D eigenvalue weighted by molar-refractivity contribution is 7.12. The third kappa shape index (κ3) is 3.41. The molecule has 0 aliphatic heterocycles. The zero-order valence-corrected chi connectivity index (χ0v) is 13.2. The quantitative estimate of drug-likeness (QED) is 0.554. The van der Waals surface area contributed by atoms with Gasteiger partial charge in [0.15, 0.2) is 0 Å². The predicted molar refractivity (Wildman–Crippen MR) is 92.1 cm³/mol. The number of aromatic carboxylic acids is 1. The van der Waals surface area contributed by atoms with Crippen molar-refractivity contribution in [1.29, 1.82) is 0 Å². The molecule has 24 heavy (non-hydrogen) atoms. The summed E-state index contributed by atoms with van der Waals surface area (Å²) < 4.78 is 1.84. The lowest BCUT2D eigenvalue weighted by molar-refractivity contribution is 0.0696. The van der Waals surface area contributed by atoms with E-state index in [0.717, 1.165) is 11.4 Å². The fourth-order valence-corrected chi connectivity index (χ4v) is 2.73. The molecule has 120 valence electrons. The predicted octanol–water partition coefficient (Wildman–Crippen LogP) is 3.00. The number of carboxylic acids is 1. The number of carbonyl (C=O) groups excluding carboxylic acids is 1. The van der Waals surface area contributed by atoms with Crippen LogP contribution >= 0.6 is 11.3 Å². The molecule has 0 atom stereocenters. The fourth-order valence-electron chi connectivity index (χ4n) is 2.12. The van der Waals surface area contributed by atoms with Gasteiger partial charge in [-0.1, -0.05) is 6.07 Å². The maximum Gasteiger partial charge on any atom is 0.335 e. The molecule has 0 aliphatic carbocycles. The van der Waals surface area contributed by atoms with E-state index in [1.165, 1.54) is 29.7 Å². The molecule has 0 fully saturated rings. The molecule has 1 aromatic carbocycles. The number of amides is 1. The van der Waals surface area contributed by atoms with Gasteiger partial charge in [0.25, 0.3) is 5.91 Å². The number of hydrazone groups is 1. The number of benzene rings is 1. The van der Waals surface area contributed by atoms with Crippen molar-refractivity contribution >= 4 is 29.4 Å². The first-order valence-corrected chi connectivity index (χ1v) is 7.91. The first kappa shape index (κ1) is 15.7. The van der Waals surface area contributed by atoms with Crippen LogP contribution in [0.5, 0.6) is 0 Å². The lowest BCUT2D eigenvalue weighted by atomic mass is 10.2. The Morgan fingerprint density at radius 3 is 2.58 bits per heavy atom. The molecule has 0 saturated carbocycles. The van der Waals surface area contributed by atoms with Crippen molar-refractivity contribution in [2.75, 3.05) is 0 Å². The van der Waals surface area contributed by atoms with Gasteiger partial charge in [-0.3, -0.25) is 4.79 Å². The first-order valence-electron chi connectivity index (χ1n) is 7.03. The van der Waals surface area contributed by atoms with Crippen LogP contribution in [0.1, 0.15) is 25.7 Å². The van der Waals surface area contributed by atoms with E-state index >= 15 is 0 Å². The summed E-state index contributed by atoms with van der Waals surface area (Å²) in [6.45, 7) is 0. The van der Waals surface area contributed by atoms with Crippen molar-refractivity contribution in [3.8, 4) is 5.69 Å². The van der Waals surface area contributed by atoms with Gasteiger partial charge in [-0.05, 0) is 47.8 Å². The van der Waals surface area contributed by atoms with Crippen LogP contribution in [-0.4, -0.2) is 27.8 Å². The number of nitrogens with one attached hydrogen (secondary N) is 1. The minimum atomic E-state index is -0.966. The van der Waals surface area contributed by atoms with Gasteiger partial charge in [0.2, 0.25) is 0 Å². The van der Waals surface area contributed by atoms with Gasteiger partial charge in [-0.15, -0.1) is 11.3 Å². The second kappa shape index (κ2) is 6.93. The summed E-state index contributed by atoms with van der Waals surface area (Å²) >= 11 is 1.34. The highest BCUT2D eigenvalue weighted by atomic mass is 32.1. The maximum atomic E-state index is 11.8. The molecule has 2 heterocycles. The average molecular weight is 339 g/mol. The summed E-state index contributed by atoms with van der Waals surface area (Å²) in [5.74, 6) is -1.22. The minimum absolute atomic E-state index is 0.226. The second-order valence-corrected chi connectivity index (χ2v) is 5.78. The molecule has 3 aromatic rings. The van der Waals surface area contributed by atoms with Gasteiger partial charge < -0.3 is 9.67 Å². The number of thiophene rings is 1. The van der Waals surface area contributed by atoms with Crippen LogP contribution < -0.4 is 5.43 Å². The van der Waals surface area contributed by atoms with Crippen LogP contribution in [0, 0.1) is 0 Å². The molecule has 1 amide bonds. The number of aromatic nitrogens is 1. The summed E-state index contributed by atoms with van der Waals surface area (Å²) in [6, 6.07) is 13.7. The minimum Gasteiger partial charge on any atom is -0.478 e. The second-order valence-electron chi connectivity index (χ2n) is 4.83. The van der Waals surface area contributed by atoms with E-state index in [9.17, 15) is 9.59 Å². The topological polar surface area (TPSA) is 83.7 Å². The summed E-state index contributed by atoms with van der Waals surface area (Å²) in [5, 5.41) is 14.7. The van der Waals surface area contributed by atoms with Crippen molar-refractivity contribution in [2.45, 2.75) is 0 Å². The zero-order valence-electron chi connectivity index (χ0n) is 12.4. The molecule has 0 unspecified atom stereocenters. The Labute approximate surface area is 141 Å². The van der Waals surface area contributed by atoms with E-state index in [2.05, 4.69) is 10.5 Å². The molecule has 0 radical (unpaired) electrons. The molecular formula is C17H13N3O3S. The number of nitrogens with zero attached hydrogens (tertiary/aromatic N) is 2. The molecule has 7 heteroatoms. The van der Waals surface area contributed by atoms with E-state index in [4.69, 9.17) is 5.11 Å². The Hall–Kier alpha value is -3.19. The summed E-state index contributed by atoms with van der Waals surface area (Å²) in [6.07, 6.45) is 3.37. The number of hydrogen-bond acceptors (Lipinski definition) is 4. The van der Waals surface area contributed by atoms with E-state index < -0.39 is 5.97 Å². The first-order chi connectivity index (χ1) is 11.6. The molecule has 6 nitrogen and oxygen atoms in total. The van der Waals surface area contributed by atoms with E-state index in [1.807, 2.05) is 28.3 Å². The molecule has 0 aliphatic rings. The summed E-state index contributed by atoms with van der Waals surface area (Å²) in [4.78, 5) is 23.3. The number of carbonyl (C=O) groups is 2. The van der Waals surface area contributed by atoms with Gasteiger partial charge in [-0.2, -0.15) is 5.10 Å². The van der Waals surface area contributed by atoms with Crippen LogP contribution in [0.25, 0.3) is 5.69 Å². The molecule has 0 bridgehead atoms. The summed E-state index contributed by atoms with van der Waals surface area (Å²) in [5.41, 5.74) is 4.26. The molecule has 0 spiro atoms. The van der Waals surface area contributed by atoms with E-state index in [0.29, 0.717) is 4.88 Å². The number of rotatable bonds is 5. The highest BCUT2D eigenvalue weighted by Crippen LogP contribution is 2.13. The van der Waals surface area contributed by atoms with Gasteiger partial charge in [-0.25, -0.2) is 10.2 Å². The van der Waals surface area contributed by atoms with Crippen molar-refractivity contribution in [2.24, 2.45) is 5.10 Å².